The monoisotopic (exact) mass is 406 g/mol. The summed E-state index contributed by atoms with van der Waals surface area (Å²) in [5.41, 5.74) is 0.917. The minimum Gasteiger partial charge on any atom is -0.497 e. The van der Waals surface area contributed by atoms with Gasteiger partial charge in [0.25, 0.3) is 0 Å². The second kappa shape index (κ2) is 9.41. The highest BCUT2D eigenvalue weighted by atomic mass is 32.2. The summed E-state index contributed by atoms with van der Waals surface area (Å²) < 4.78 is 5.94. The number of carbonyl (C=O) groups is 1. The number of benzene rings is 1. The molecular formula is C19H26N4O2S2. The third-order valence-electron chi connectivity index (χ3n) is 4.83. The average molecular weight is 407 g/mol. The van der Waals surface area contributed by atoms with E-state index in [1.165, 1.54) is 42.4 Å². The van der Waals surface area contributed by atoms with Crippen LogP contribution in [0.5, 0.6) is 5.75 Å². The first-order valence-electron chi connectivity index (χ1n) is 9.27. The lowest BCUT2D eigenvalue weighted by Crippen LogP contribution is -2.44. The van der Waals surface area contributed by atoms with Crippen molar-refractivity contribution >= 4 is 39.8 Å². The number of rotatable bonds is 7. The Balaban J connectivity index is 1.52. The molecule has 1 fully saturated rings. The molecule has 6 nitrogen and oxygen atoms in total. The average Bonchev–Trinajstić information content (AvgIpc) is 3.11. The molecule has 1 aliphatic rings. The topological polar surface area (TPSA) is 76.1 Å². The molecule has 0 saturated heterocycles. The first-order chi connectivity index (χ1) is 13.0. The van der Waals surface area contributed by atoms with E-state index in [1.807, 2.05) is 31.2 Å². The molecule has 3 atom stereocenters. The van der Waals surface area contributed by atoms with Crippen LogP contribution < -0.4 is 15.4 Å². The van der Waals surface area contributed by atoms with Crippen LogP contribution in [0.2, 0.25) is 0 Å². The van der Waals surface area contributed by atoms with Gasteiger partial charge in [-0.1, -0.05) is 42.9 Å². The number of thioether (sulfide) groups is 1. The molecule has 1 aromatic heterocycles. The SMILES string of the molecule is COc1ccc(Nc2nnc(S[C@H](C)C(=O)N[C@@H]3CCCC[C@H]3C)s2)cc1. The Bertz CT molecular complexity index is 750. The van der Waals surface area contributed by atoms with Crippen molar-refractivity contribution in [2.45, 2.75) is 55.2 Å². The van der Waals surface area contributed by atoms with Crippen LogP contribution in [-0.4, -0.2) is 34.5 Å². The molecule has 27 heavy (non-hydrogen) atoms. The van der Waals surface area contributed by atoms with Gasteiger partial charge in [-0.3, -0.25) is 4.79 Å². The van der Waals surface area contributed by atoms with E-state index in [-0.39, 0.29) is 11.2 Å². The number of hydrogen-bond acceptors (Lipinski definition) is 7. The highest BCUT2D eigenvalue weighted by Gasteiger charge is 2.25. The molecule has 0 spiro atoms. The first-order valence-corrected chi connectivity index (χ1v) is 11.0. The highest BCUT2D eigenvalue weighted by molar-refractivity contribution is 8.02. The Hall–Kier alpha value is -1.80. The molecule has 1 heterocycles. The van der Waals surface area contributed by atoms with Gasteiger partial charge in [0.2, 0.25) is 11.0 Å². The molecule has 1 amide bonds. The van der Waals surface area contributed by atoms with E-state index >= 15 is 0 Å². The van der Waals surface area contributed by atoms with E-state index in [9.17, 15) is 4.79 Å². The van der Waals surface area contributed by atoms with Gasteiger partial charge in [-0.15, -0.1) is 10.2 Å². The zero-order chi connectivity index (χ0) is 19.2. The molecular weight excluding hydrogens is 380 g/mol. The number of nitrogens with one attached hydrogen (secondary N) is 2. The van der Waals surface area contributed by atoms with Gasteiger partial charge < -0.3 is 15.4 Å². The molecule has 1 aliphatic carbocycles. The zero-order valence-corrected chi connectivity index (χ0v) is 17.5. The summed E-state index contributed by atoms with van der Waals surface area (Å²) in [6, 6.07) is 7.93. The molecule has 2 N–H and O–H groups in total. The number of nitrogens with zero attached hydrogens (tertiary/aromatic N) is 2. The molecule has 3 rings (SSSR count). The standard InChI is InChI=1S/C19H26N4O2S2/c1-12-6-4-5-7-16(12)21-17(24)13(2)26-19-23-22-18(27-19)20-14-8-10-15(25-3)11-9-14/h8-13,16H,4-7H2,1-3H3,(H,20,22)(H,21,24)/t12-,13-,16-/m1/s1. The van der Waals surface area contributed by atoms with Crippen LogP contribution in [0.3, 0.4) is 0 Å². The van der Waals surface area contributed by atoms with Gasteiger partial charge in [-0.05, 0) is 49.9 Å². The number of ether oxygens (including phenoxy) is 1. The number of amides is 1. The molecule has 146 valence electrons. The van der Waals surface area contributed by atoms with Crippen molar-refractivity contribution in [2.24, 2.45) is 5.92 Å². The molecule has 0 aliphatic heterocycles. The maximum absolute atomic E-state index is 12.5. The summed E-state index contributed by atoms with van der Waals surface area (Å²) in [4.78, 5) is 12.5. The molecule has 8 heteroatoms. The van der Waals surface area contributed by atoms with E-state index in [0.29, 0.717) is 17.1 Å². The van der Waals surface area contributed by atoms with E-state index in [2.05, 4.69) is 27.8 Å². The molecule has 1 saturated carbocycles. The summed E-state index contributed by atoms with van der Waals surface area (Å²) in [5, 5.41) is 15.3. The van der Waals surface area contributed by atoms with Crippen molar-refractivity contribution in [2.75, 3.05) is 12.4 Å². The van der Waals surface area contributed by atoms with Crippen LogP contribution in [0.25, 0.3) is 0 Å². The molecule has 0 bridgehead atoms. The smallest absolute Gasteiger partial charge is 0.233 e. The summed E-state index contributed by atoms with van der Waals surface area (Å²) in [6.07, 6.45) is 4.75. The lowest BCUT2D eigenvalue weighted by molar-refractivity contribution is -0.121. The van der Waals surface area contributed by atoms with Crippen molar-refractivity contribution in [1.29, 1.82) is 0 Å². The Morgan fingerprint density at radius 3 is 2.70 bits per heavy atom. The minimum atomic E-state index is -0.194. The maximum Gasteiger partial charge on any atom is 0.233 e. The van der Waals surface area contributed by atoms with Crippen molar-refractivity contribution in [3.63, 3.8) is 0 Å². The molecule has 1 aromatic carbocycles. The predicted molar refractivity (Wildman–Crippen MR) is 111 cm³/mol. The van der Waals surface area contributed by atoms with Crippen molar-refractivity contribution in [3.05, 3.63) is 24.3 Å². The lowest BCUT2D eigenvalue weighted by Gasteiger charge is -2.30. The number of aromatic nitrogens is 2. The summed E-state index contributed by atoms with van der Waals surface area (Å²) in [6.45, 7) is 4.15. The van der Waals surface area contributed by atoms with Gasteiger partial charge in [0.15, 0.2) is 4.34 Å². The molecule has 0 radical (unpaired) electrons. The van der Waals surface area contributed by atoms with Crippen LogP contribution in [0.15, 0.2) is 28.6 Å². The Kier molecular flexibility index (Phi) is 6.95. The van der Waals surface area contributed by atoms with Gasteiger partial charge in [-0.2, -0.15) is 0 Å². The van der Waals surface area contributed by atoms with Gasteiger partial charge in [-0.25, -0.2) is 0 Å². The third kappa shape index (κ3) is 5.59. The fraction of sp³-hybridized carbons (Fsp3) is 0.526. The van der Waals surface area contributed by atoms with E-state index < -0.39 is 0 Å². The summed E-state index contributed by atoms with van der Waals surface area (Å²) in [7, 11) is 1.64. The number of hydrogen-bond donors (Lipinski definition) is 2. The van der Waals surface area contributed by atoms with E-state index in [1.54, 1.807) is 7.11 Å². The van der Waals surface area contributed by atoms with Crippen LogP contribution in [0, 0.1) is 5.92 Å². The molecule has 0 unspecified atom stereocenters. The van der Waals surface area contributed by atoms with Crippen LogP contribution in [0.1, 0.15) is 39.5 Å². The predicted octanol–water partition coefficient (Wildman–Crippen LogP) is 4.47. The van der Waals surface area contributed by atoms with Crippen LogP contribution in [-0.2, 0) is 4.79 Å². The fourth-order valence-corrected chi connectivity index (χ4v) is 5.07. The van der Waals surface area contributed by atoms with Gasteiger partial charge in [0, 0.05) is 11.7 Å². The fourth-order valence-electron chi connectivity index (χ4n) is 3.14. The van der Waals surface area contributed by atoms with Crippen molar-refractivity contribution < 1.29 is 9.53 Å². The van der Waals surface area contributed by atoms with Gasteiger partial charge in [0.1, 0.15) is 5.75 Å². The van der Waals surface area contributed by atoms with Gasteiger partial charge in [0.05, 0.1) is 12.4 Å². The van der Waals surface area contributed by atoms with E-state index in [0.717, 1.165) is 22.2 Å². The minimum absolute atomic E-state index is 0.0820. The summed E-state index contributed by atoms with van der Waals surface area (Å²) in [5.74, 6) is 1.45. The second-order valence-electron chi connectivity index (χ2n) is 6.86. The number of methoxy groups -OCH3 is 1. The Labute approximate surface area is 168 Å². The number of carbonyl (C=O) groups excluding carboxylic acids is 1. The maximum atomic E-state index is 12.5. The van der Waals surface area contributed by atoms with E-state index in [4.69, 9.17) is 4.74 Å². The Morgan fingerprint density at radius 2 is 2.00 bits per heavy atom. The quantitative estimate of drug-likeness (QED) is 0.661. The molecule has 2 aromatic rings. The van der Waals surface area contributed by atoms with Crippen molar-refractivity contribution in [1.82, 2.24) is 15.5 Å². The normalized spacial score (nSPS) is 20.7. The largest absolute Gasteiger partial charge is 0.497 e. The summed E-state index contributed by atoms with van der Waals surface area (Å²) >= 11 is 2.90. The first kappa shape index (κ1) is 19.9. The number of anilines is 2. The Morgan fingerprint density at radius 1 is 1.26 bits per heavy atom. The zero-order valence-electron chi connectivity index (χ0n) is 15.9. The van der Waals surface area contributed by atoms with Crippen molar-refractivity contribution in [3.8, 4) is 5.75 Å². The lowest BCUT2D eigenvalue weighted by atomic mass is 9.86. The third-order valence-corrected chi connectivity index (χ3v) is 6.86. The van der Waals surface area contributed by atoms with Crippen LogP contribution >= 0.6 is 23.1 Å². The highest BCUT2D eigenvalue weighted by Crippen LogP contribution is 2.31. The van der Waals surface area contributed by atoms with Crippen LogP contribution in [0.4, 0.5) is 10.8 Å². The van der Waals surface area contributed by atoms with Gasteiger partial charge >= 0.3 is 0 Å². The second-order valence-corrected chi connectivity index (χ2v) is 9.43.